The Kier molecular flexibility index (Phi) is 9.24. The van der Waals surface area contributed by atoms with Gasteiger partial charge in [0.1, 0.15) is 0 Å². The van der Waals surface area contributed by atoms with Gasteiger partial charge in [0, 0.05) is 38.1 Å². The summed E-state index contributed by atoms with van der Waals surface area (Å²) in [6.45, 7) is 9.57. The summed E-state index contributed by atoms with van der Waals surface area (Å²) in [5.41, 5.74) is 0. The Labute approximate surface area is 158 Å². The van der Waals surface area contributed by atoms with Crippen LogP contribution in [0, 0.1) is 11.8 Å². The molecule has 1 aliphatic carbocycles. The summed E-state index contributed by atoms with van der Waals surface area (Å²) in [5, 5.41) is 6.88. The van der Waals surface area contributed by atoms with Gasteiger partial charge in [-0.2, -0.15) is 0 Å². The minimum absolute atomic E-state index is 0. The molecule has 1 heterocycles. The number of piperidine rings is 1. The fraction of sp³-hybridized carbons (Fsp3) is 0.882. The Balaban J connectivity index is 0.00000264. The molecule has 23 heavy (non-hydrogen) atoms. The van der Waals surface area contributed by atoms with Crippen molar-refractivity contribution in [3.63, 3.8) is 0 Å². The second-order valence-electron chi connectivity index (χ2n) is 6.89. The van der Waals surface area contributed by atoms with E-state index in [1.807, 2.05) is 18.7 Å². The van der Waals surface area contributed by atoms with Crippen LogP contribution in [-0.4, -0.2) is 49.0 Å². The zero-order valence-electron chi connectivity index (χ0n) is 14.8. The number of nitrogens with one attached hydrogen (secondary N) is 2. The second-order valence-corrected chi connectivity index (χ2v) is 6.89. The Morgan fingerprint density at radius 3 is 2.39 bits per heavy atom. The molecule has 5 nitrogen and oxygen atoms in total. The van der Waals surface area contributed by atoms with Crippen LogP contribution < -0.4 is 10.6 Å². The molecule has 2 N–H and O–H groups in total. The average molecular weight is 436 g/mol. The van der Waals surface area contributed by atoms with Crippen LogP contribution in [0.5, 0.6) is 0 Å². The number of halogens is 1. The first-order valence-corrected chi connectivity index (χ1v) is 8.93. The number of aliphatic imine (C=N–C) groups is 1. The number of hydrogen-bond donors (Lipinski definition) is 2. The Bertz CT molecular complexity index is 388. The van der Waals surface area contributed by atoms with Crippen LogP contribution in [0.4, 0.5) is 0 Å². The van der Waals surface area contributed by atoms with Crippen LogP contribution in [0.3, 0.4) is 0 Å². The van der Waals surface area contributed by atoms with Crippen molar-refractivity contribution in [3.05, 3.63) is 0 Å². The minimum Gasteiger partial charge on any atom is -0.357 e. The van der Waals surface area contributed by atoms with Crippen molar-refractivity contribution in [3.8, 4) is 0 Å². The third kappa shape index (κ3) is 7.27. The highest BCUT2D eigenvalue weighted by Gasteiger charge is 2.25. The molecule has 2 fully saturated rings. The molecule has 6 heteroatoms. The summed E-state index contributed by atoms with van der Waals surface area (Å²) in [6.07, 6.45) is 6.01. The number of hydrogen-bond acceptors (Lipinski definition) is 2. The standard InChI is InChI=1S/C17H32N4O.HI/c1-4-18-17(19-10-7-14-5-6-14)20-15-8-11-21(12-9-15)16(22)13(2)3;/h13-15H,4-12H2,1-3H3,(H2,18,19,20);1H. The highest BCUT2D eigenvalue weighted by Crippen LogP contribution is 2.32. The third-order valence-corrected chi connectivity index (χ3v) is 4.49. The van der Waals surface area contributed by atoms with Gasteiger partial charge >= 0.3 is 0 Å². The van der Waals surface area contributed by atoms with Crippen LogP contribution in [0.15, 0.2) is 4.99 Å². The fourth-order valence-corrected chi connectivity index (χ4v) is 2.89. The first kappa shape index (κ1) is 20.5. The number of rotatable bonds is 6. The highest BCUT2D eigenvalue weighted by atomic mass is 127. The molecule has 0 aromatic carbocycles. The minimum atomic E-state index is 0. The SMILES string of the molecule is CCNC(=NCCC1CC1)NC1CCN(C(=O)C(C)C)CC1.I. The monoisotopic (exact) mass is 436 g/mol. The molecule has 0 unspecified atom stereocenters. The molecule has 0 aromatic rings. The quantitative estimate of drug-likeness (QED) is 0.383. The van der Waals surface area contributed by atoms with Crippen molar-refractivity contribution in [1.29, 1.82) is 0 Å². The second kappa shape index (κ2) is 10.4. The van der Waals surface area contributed by atoms with Crippen molar-refractivity contribution >= 4 is 35.8 Å². The molecule has 0 bridgehead atoms. The predicted molar refractivity (Wildman–Crippen MR) is 106 cm³/mol. The molecule has 0 radical (unpaired) electrons. The number of amides is 1. The van der Waals surface area contributed by atoms with Crippen molar-refractivity contribution in [1.82, 2.24) is 15.5 Å². The maximum Gasteiger partial charge on any atom is 0.225 e. The van der Waals surface area contributed by atoms with E-state index >= 15 is 0 Å². The van der Waals surface area contributed by atoms with Crippen LogP contribution >= 0.6 is 24.0 Å². The van der Waals surface area contributed by atoms with Gasteiger partial charge in [-0.3, -0.25) is 9.79 Å². The molecule has 1 amide bonds. The maximum absolute atomic E-state index is 12.0. The van der Waals surface area contributed by atoms with Gasteiger partial charge in [-0.25, -0.2) is 0 Å². The van der Waals surface area contributed by atoms with E-state index in [0.29, 0.717) is 6.04 Å². The van der Waals surface area contributed by atoms with Crippen LogP contribution in [0.2, 0.25) is 0 Å². The van der Waals surface area contributed by atoms with Gasteiger partial charge in [0.2, 0.25) is 5.91 Å². The summed E-state index contributed by atoms with van der Waals surface area (Å²) >= 11 is 0. The van der Waals surface area contributed by atoms with E-state index in [2.05, 4.69) is 22.5 Å². The first-order chi connectivity index (χ1) is 10.6. The van der Waals surface area contributed by atoms with Gasteiger partial charge < -0.3 is 15.5 Å². The summed E-state index contributed by atoms with van der Waals surface area (Å²) < 4.78 is 0. The molecule has 134 valence electrons. The Morgan fingerprint density at radius 2 is 1.87 bits per heavy atom. The molecule has 0 aromatic heterocycles. The highest BCUT2D eigenvalue weighted by molar-refractivity contribution is 14.0. The van der Waals surface area contributed by atoms with Crippen LogP contribution in [-0.2, 0) is 4.79 Å². The third-order valence-electron chi connectivity index (χ3n) is 4.49. The van der Waals surface area contributed by atoms with Gasteiger partial charge in [0.05, 0.1) is 0 Å². The largest absolute Gasteiger partial charge is 0.357 e. The normalized spacial score (nSPS) is 19.5. The van der Waals surface area contributed by atoms with Crippen molar-refractivity contribution in [2.75, 3.05) is 26.2 Å². The van der Waals surface area contributed by atoms with Gasteiger partial charge in [-0.15, -0.1) is 24.0 Å². The maximum atomic E-state index is 12.0. The fourth-order valence-electron chi connectivity index (χ4n) is 2.89. The van der Waals surface area contributed by atoms with E-state index in [-0.39, 0.29) is 35.8 Å². The number of likely N-dealkylation sites (tertiary alicyclic amines) is 1. The summed E-state index contributed by atoms with van der Waals surface area (Å²) in [5.74, 6) is 2.25. The van der Waals surface area contributed by atoms with Crippen LogP contribution in [0.1, 0.15) is 52.9 Å². The molecule has 0 spiro atoms. The van der Waals surface area contributed by atoms with E-state index in [1.54, 1.807) is 0 Å². The lowest BCUT2D eigenvalue weighted by Crippen LogP contribution is -2.50. The topological polar surface area (TPSA) is 56.7 Å². The van der Waals surface area contributed by atoms with E-state index in [0.717, 1.165) is 50.9 Å². The molecular formula is C17H33IN4O. The molecular weight excluding hydrogens is 403 g/mol. The van der Waals surface area contributed by atoms with Crippen LogP contribution in [0.25, 0.3) is 0 Å². The van der Waals surface area contributed by atoms with Crippen molar-refractivity contribution < 1.29 is 4.79 Å². The van der Waals surface area contributed by atoms with Gasteiger partial charge in [0.15, 0.2) is 5.96 Å². The van der Waals surface area contributed by atoms with Gasteiger partial charge in [-0.05, 0) is 32.1 Å². The lowest BCUT2D eigenvalue weighted by Gasteiger charge is -2.34. The van der Waals surface area contributed by atoms with Gasteiger partial charge in [-0.1, -0.05) is 26.7 Å². The van der Waals surface area contributed by atoms with Gasteiger partial charge in [0.25, 0.3) is 0 Å². The zero-order valence-corrected chi connectivity index (χ0v) is 17.1. The van der Waals surface area contributed by atoms with E-state index in [1.165, 1.54) is 19.3 Å². The lowest BCUT2D eigenvalue weighted by atomic mass is 10.0. The van der Waals surface area contributed by atoms with E-state index in [4.69, 9.17) is 0 Å². The molecule has 1 saturated carbocycles. The predicted octanol–water partition coefficient (Wildman–Crippen LogP) is 2.61. The number of carbonyl (C=O) groups excluding carboxylic acids is 1. The molecule has 2 rings (SSSR count). The van der Waals surface area contributed by atoms with Crippen molar-refractivity contribution in [2.24, 2.45) is 16.8 Å². The molecule has 1 saturated heterocycles. The molecule has 2 aliphatic rings. The average Bonchev–Trinajstić information content (AvgIpc) is 3.31. The summed E-state index contributed by atoms with van der Waals surface area (Å²) in [6, 6.07) is 0.426. The lowest BCUT2D eigenvalue weighted by molar-refractivity contribution is -0.135. The van der Waals surface area contributed by atoms with Crippen molar-refractivity contribution in [2.45, 2.75) is 58.9 Å². The number of nitrogens with zero attached hydrogens (tertiary/aromatic N) is 2. The van der Waals surface area contributed by atoms with E-state index in [9.17, 15) is 4.79 Å². The molecule has 1 aliphatic heterocycles. The summed E-state index contributed by atoms with van der Waals surface area (Å²) in [4.78, 5) is 18.7. The zero-order chi connectivity index (χ0) is 15.9. The smallest absolute Gasteiger partial charge is 0.225 e. The Morgan fingerprint density at radius 1 is 1.22 bits per heavy atom. The number of guanidine groups is 1. The first-order valence-electron chi connectivity index (χ1n) is 8.93. The summed E-state index contributed by atoms with van der Waals surface area (Å²) in [7, 11) is 0. The molecule has 0 atom stereocenters. The van der Waals surface area contributed by atoms with E-state index < -0.39 is 0 Å². The number of carbonyl (C=O) groups is 1. The Hall–Kier alpha value is -0.530.